The molecule has 2 saturated carbocycles. The number of likely N-dealkylation sites (tertiary alicyclic amines) is 1. The van der Waals surface area contributed by atoms with E-state index in [0.29, 0.717) is 44.5 Å². The lowest BCUT2D eigenvalue weighted by Crippen LogP contribution is -2.72. The summed E-state index contributed by atoms with van der Waals surface area (Å²) in [5.74, 6) is -1.33. The number of aryl methyl sites for hydroxylation is 1. The van der Waals surface area contributed by atoms with Crippen molar-refractivity contribution in [2.75, 3.05) is 54.9 Å². The van der Waals surface area contributed by atoms with Crippen LogP contribution in [0.15, 0.2) is 29.2 Å². The maximum absolute atomic E-state index is 15.0. The second-order valence-electron chi connectivity index (χ2n) is 12.8. The van der Waals surface area contributed by atoms with Gasteiger partial charge < -0.3 is 29.7 Å². The number of alkyl halides is 2. The zero-order valence-electron chi connectivity index (χ0n) is 22.8. The molecule has 0 amide bonds. The highest BCUT2D eigenvalue weighted by molar-refractivity contribution is 6.33. The normalized spacial score (nSPS) is 24.6. The molecule has 1 spiro atoms. The lowest BCUT2D eigenvalue weighted by molar-refractivity contribution is -0.0579. The fourth-order valence-corrected chi connectivity index (χ4v) is 6.96. The van der Waals surface area contributed by atoms with Crippen molar-refractivity contribution < 1.29 is 13.5 Å². The van der Waals surface area contributed by atoms with Gasteiger partial charge in [0.15, 0.2) is 12.4 Å². The predicted molar refractivity (Wildman–Crippen MR) is 154 cm³/mol. The number of halogens is 3. The third-order valence-electron chi connectivity index (χ3n) is 9.27. The number of rotatable bonds is 6. The van der Waals surface area contributed by atoms with Crippen LogP contribution in [0.25, 0.3) is 10.9 Å². The highest BCUT2D eigenvalue weighted by Crippen LogP contribution is 2.46. The molecule has 12 heteroatoms. The highest BCUT2D eigenvalue weighted by Gasteiger charge is 2.53. The highest BCUT2D eigenvalue weighted by atomic mass is 35.5. The first-order valence-electron chi connectivity index (χ1n) is 14.4. The summed E-state index contributed by atoms with van der Waals surface area (Å²) in [5, 5.41) is 7.29. The van der Waals surface area contributed by atoms with Crippen molar-refractivity contribution >= 4 is 45.6 Å². The molecule has 216 valence electrons. The third-order valence-corrected chi connectivity index (χ3v) is 9.55. The smallest absolute Gasteiger partial charge is 0.301 e. The molecule has 2 aromatic heterocycles. The molecular formula is C29H32ClF2N7O2. The average molecular weight is 584 g/mol. The minimum atomic E-state index is -3.09. The summed E-state index contributed by atoms with van der Waals surface area (Å²) in [6.45, 7) is 4.57. The van der Waals surface area contributed by atoms with E-state index in [1.54, 1.807) is 19.3 Å². The molecule has 3 aromatic rings. The number of hydrogen-bond donors (Lipinski definition) is 2. The molecule has 9 nitrogen and oxygen atoms in total. The van der Waals surface area contributed by atoms with E-state index in [2.05, 4.69) is 25.4 Å². The van der Waals surface area contributed by atoms with Crippen molar-refractivity contribution in [2.24, 2.45) is 24.3 Å². The molecule has 41 heavy (non-hydrogen) atoms. The Balaban J connectivity index is 1.06. The van der Waals surface area contributed by atoms with Gasteiger partial charge in [-0.2, -0.15) is 4.98 Å². The maximum Gasteiger partial charge on any atom is 0.301 e. The van der Waals surface area contributed by atoms with Gasteiger partial charge in [0.05, 0.1) is 23.4 Å². The fraction of sp³-hybridized carbons (Fsp3) is 0.552. The van der Waals surface area contributed by atoms with Crippen molar-refractivity contribution in [3.8, 4) is 5.75 Å². The van der Waals surface area contributed by atoms with Crippen molar-refractivity contribution in [1.29, 1.82) is 0 Å². The second-order valence-corrected chi connectivity index (χ2v) is 13.2. The van der Waals surface area contributed by atoms with Gasteiger partial charge in [0.25, 0.3) is 5.56 Å². The molecule has 3 aliphatic heterocycles. The van der Waals surface area contributed by atoms with E-state index in [4.69, 9.17) is 21.3 Å². The van der Waals surface area contributed by atoms with Crippen LogP contribution in [0.3, 0.4) is 0 Å². The monoisotopic (exact) mass is 583 g/mol. The van der Waals surface area contributed by atoms with Gasteiger partial charge in [0, 0.05) is 56.3 Å². The molecule has 0 bridgehead atoms. The average Bonchev–Trinajstić information content (AvgIpc) is 3.81. The van der Waals surface area contributed by atoms with Gasteiger partial charge in [0.2, 0.25) is 11.7 Å². The van der Waals surface area contributed by atoms with Crippen LogP contribution in [0.2, 0.25) is 5.02 Å². The van der Waals surface area contributed by atoms with Crippen molar-refractivity contribution in [3.63, 3.8) is 0 Å². The van der Waals surface area contributed by atoms with E-state index in [9.17, 15) is 13.6 Å². The number of nitrogens with zero attached hydrogens (tertiary/aromatic N) is 5. The van der Waals surface area contributed by atoms with Crippen LogP contribution >= 0.6 is 11.6 Å². The van der Waals surface area contributed by atoms with Crippen molar-refractivity contribution in [1.82, 2.24) is 19.4 Å². The van der Waals surface area contributed by atoms with Crippen LogP contribution in [0.4, 0.5) is 31.9 Å². The lowest BCUT2D eigenvalue weighted by atomic mass is 9.73. The lowest BCUT2D eigenvalue weighted by Gasteiger charge is -2.60. The van der Waals surface area contributed by atoms with Gasteiger partial charge in [-0.15, -0.1) is 0 Å². The summed E-state index contributed by atoms with van der Waals surface area (Å²) in [4.78, 5) is 27.0. The van der Waals surface area contributed by atoms with Crippen LogP contribution in [0.1, 0.15) is 25.7 Å². The molecule has 2 aliphatic carbocycles. The Bertz CT molecular complexity index is 1610. The quantitative estimate of drug-likeness (QED) is 0.439. The van der Waals surface area contributed by atoms with Gasteiger partial charge in [-0.3, -0.25) is 4.79 Å². The molecule has 1 atom stereocenters. The first kappa shape index (κ1) is 25.5. The maximum atomic E-state index is 15.0. The second kappa shape index (κ2) is 8.91. The van der Waals surface area contributed by atoms with E-state index in [-0.39, 0.29) is 11.7 Å². The van der Waals surface area contributed by atoms with Crippen molar-refractivity contribution in [2.45, 2.75) is 37.6 Å². The fourth-order valence-electron chi connectivity index (χ4n) is 6.82. The Morgan fingerprint density at radius 2 is 1.95 bits per heavy atom. The van der Waals surface area contributed by atoms with E-state index in [0.717, 1.165) is 44.9 Å². The molecule has 1 unspecified atom stereocenters. The van der Waals surface area contributed by atoms with Crippen LogP contribution < -0.4 is 25.8 Å². The Morgan fingerprint density at radius 1 is 1.17 bits per heavy atom. The van der Waals surface area contributed by atoms with Gasteiger partial charge >= 0.3 is 5.92 Å². The molecular weight excluding hydrogens is 552 g/mol. The summed E-state index contributed by atoms with van der Waals surface area (Å²) in [6.07, 6.45) is 5.81. The van der Waals surface area contributed by atoms with E-state index >= 15 is 0 Å². The Labute approximate surface area is 240 Å². The number of nitrogens with one attached hydrogen (secondary N) is 2. The van der Waals surface area contributed by atoms with E-state index in [1.165, 1.54) is 24.0 Å². The molecule has 8 rings (SSSR count). The number of ether oxygens (including phenoxy) is 1. The number of hydrogen-bond acceptors (Lipinski definition) is 8. The van der Waals surface area contributed by atoms with Crippen LogP contribution in [0, 0.1) is 17.3 Å². The number of anilines is 4. The molecule has 2 saturated heterocycles. The molecule has 4 fully saturated rings. The molecule has 1 aromatic carbocycles. The molecule has 5 heterocycles. The molecule has 0 radical (unpaired) electrons. The van der Waals surface area contributed by atoms with Gasteiger partial charge in [-0.1, -0.05) is 11.6 Å². The first-order valence-corrected chi connectivity index (χ1v) is 14.8. The van der Waals surface area contributed by atoms with Gasteiger partial charge in [-0.25, -0.2) is 13.8 Å². The SMILES string of the molecule is Cn1c(=O)c2c(c3cc(Nc4nc(N5CC6(CN(CC7CC7)C6)C5)ncc4Cl)ccc31)NC(C1CC1)C(F)(F)CO2. The van der Waals surface area contributed by atoms with Gasteiger partial charge in [0.1, 0.15) is 5.02 Å². The largest absolute Gasteiger partial charge is 0.480 e. The summed E-state index contributed by atoms with van der Waals surface area (Å²) in [5.41, 5.74) is 1.46. The minimum absolute atomic E-state index is 0.0827. The summed E-state index contributed by atoms with van der Waals surface area (Å²) in [7, 11) is 1.61. The number of pyridine rings is 1. The summed E-state index contributed by atoms with van der Waals surface area (Å²) in [6, 6.07) is 4.33. The number of benzene rings is 1. The van der Waals surface area contributed by atoms with Gasteiger partial charge in [-0.05, 0) is 55.7 Å². The first-order chi connectivity index (χ1) is 19.7. The predicted octanol–water partition coefficient (Wildman–Crippen LogP) is 4.48. The molecule has 2 N–H and O–H groups in total. The minimum Gasteiger partial charge on any atom is -0.480 e. The van der Waals surface area contributed by atoms with E-state index in [1.807, 2.05) is 12.1 Å². The standard InChI is InChI=1S/C29H32ClF2N7O2/c1-37-21-7-6-18(8-19(21)22-23(26(37)40)41-15-29(31,32)24(35-22)17-4-5-17)34-25-20(30)9-33-27(36-25)39-13-28(14-39)11-38(12-28)10-16-2-3-16/h6-9,16-17,24,35H,2-5,10-15H2,1H3,(H,33,34,36). The summed E-state index contributed by atoms with van der Waals surface area (Å²) >= 11 is 6.50. The summed E-state index contributed by atoms with van der Waals surface area (Å²) < 4.78 is 36.8. The number of aromatic nitrogens is 3. The number of fused-ring (bicyclic) bond motifs is 3. The van der Waals surface area contributed by atoms with Crippen LogP contribution in [0.5, 0.6) is 5.75 Å². The van der Waals surface area contributed by atoms with Crippen LogP contribution in [-0.2, 0) is 7.05 Å². The van der Waals surface area contributed by atoms with E-state index < -0.39 is 24.1 Å². The molecule has 5 aliphatic rings. The Hall–Kier alpha value is -3.18. The topological polar surface area (TPSA) is 87.6 Å². The Kier molecular flexibility index (Phi) is 5.55. The van der Waals surface area contributed by atoms with Crippen molar-refractivity contribution in [3.05, 3.63) is 39.8 Å². The Morgan fingerprint density at radius 3 is 2.68 bits per heavy atom. The van der Waals surface area contributed by atoms with Crippen LogP contribution in [-0.4, -0.2) is 70.7 Å². The zero-order valence-corrected chi connectivity index (χ0v) is 23.6. The third kappa shape index (κ3) is 4.39. The zero-order chi connectivity index (χ0) is 28.1.